The van der Waals surface area contributed by atoms with Gasteiger partial charge in [0.1, 0.15) is 0 Å². The third-order valence-electron chi connectivity index (χ3n) is 5.02. The van der Waals surface area contributed by atoms with Crippen LogP contribution in [0.15, 0.2) is 12.1 Å². The number of hydrogen-bond acceptors (Lipinski definition) is 4. The Morgan fingerprint density at radius 2 is 2.03 bits per heavy atom. The van der Waals surface area contributed by atoms with E-state index in [9.17, 15) is 4.79 Å². The van der Waals surface area contributed by atoms with E-state index >= 15 is 0 Å². The lowest BCUT2D eigenvalue weighted by atomic mass is 10.1. The molecule has 1 aliphatic heterocycles. The number of halogens is 1. The zero-order chi connectivity index (χ0) is 21.0. The quantitative estimate of drug-likeness (QED) is 0.729. The molecule has 6 nitrogen and oxygen atoms in total. The average molecular weight is 420 g/mol. The Kier molecular flexibility index (Phi) is 7.06. The van der Waals surface area contributed by atoms with Crippen molar-refractivity contribution >= 4 is 17.5 Å². The van der Waals surface area contributed by atoms with Gasteiger partial charge in [-0.05, 0) is 49.4 Å². The molecule has 0 aliphatic carbocycles. The highest BCUT2D eigenvalue weighted by atomic mass is 35.5. The molecular weight excluding hydrogens is 390 g/mol. The van der Waals surface area contributed by atoms with E-state index in [0.717, 1.165) is 29.9 Å². The third kappa shape index (κ3) is 5.44. The first-order valence-electron chi connectivity index (χ1n) is 10.2. The predicted molar refractivity (Wildman–Crippen MR) is 114 cm³/mol. The van der Waals surface area contributed by atoms with Crippen molar-refractivity contribution in [2.75, 3.05) is 13.2 Å². The van der Waals surface area contributed by atoms with Crippen LogP contribution in [0.3, 0.4) is 0 Å². The van der Waals surface area contributed by atoms with Crippen LogP contribution in [-0.4, -0.2) is 28.9 Å². The molecule has 0 bridgehead atoms. The molecule has 29 heavy (non-hydrogen) atoms. The van der Waals surface area contributed by atoms with Crippen LogP contribution in [0.2, 0.25) is 5.02 Å². The second-order valence-corrected chi connectivity index (χ2v) is 8.36. The van der Waals surface area contributed by atoms with Gasteiger partial charge in [-0.2, -0.15) is 5.10 Å². The van der Waals surface area contributed by atoms with Crippen LogP contribution in [0, 0.1) is 19.8 Å². The molecule has 0 unspecified atom stereocenters. The summed E-state index contributed by atoms with van der Waals surface area (Å²) in [5.74, 6) is 1.77. The van der Waals surface area contributed by atoms with Gasteiger partial charge < -0.3 is 14.8 Å². The van der Waals surface area contributed by atoms with Crippen molar-refractivity contribution < 1.29 is 14.3 Å². The standard InChI is InChI=1S/C22H30ClN3O3/c1-14(2)13-26-16(4)18(15(3)25-26)6-7-21(27)24-12-17-10-19(23)22-20(11-17)28-8-5-9-29-22/h10-11,14H,5-9,12-13H2,1-4H3,(H,24,27). The van der Waals surface area contributed by atoms with Gasteiger partial charge in [-0.25, -0.2) is 0 Å². The van der Waals surface area contributed by atoms with Gasteiger partial charge in [0.25, 0.3) is 0 Å². The van der Waals surface area contributed by atoms with Gasteiger partial charge in [-0.15, -0.1) is 0 Å². The molecule has 0 saturated heterocycles. The maximum absolute atomic E-state index is 12.4. The van der Waals surface area contributed by atoms with Crippen LogP contribution >= 0.6 is 11.6 Å². The van der Waals surface area contributed by atoms with Crippen LogP contribution in [0.25, 0.3) is 0 Å². The lowest BCUT2D eigenvalue weighted by molar-refractivity contribution is -0.121. The molecular formula is C22H30ClN3O3. The van der Waals surface area contributed by atoms with Crippen LogP contribution in [-0.2, 0) is 24.3 Å². The summed E-state index contributed by atoms with van der Waals surface area (Å²) in [7, 11) is 0. The van der Waals surface area contributed by atoms with Crippen molar-refractivity contribution in [3.05, 3.63) is 39.7 Å². The lowest BCUT2D eigenvalue weighted by Gasteiger charge is -2.12. The topological polar surface area (TPSA) is 65.4 Å². The molecule has 0 saturated carbocycles. The van der Waals surface area contributed by atoms with E-state index in [1.807, 2.05) is 23.7 Å². The fourth-order valence-electron chi connectivity index (χ4n) is 3.53. The molecule has 3 rings (SSSR count). The molecule has 1 aromatic carbocycles. The van der Waals surface area contributed by atoms with E-state index in [2.05, 4.69) is 31.2 Å². The summed E-state index contributed by atoms with van der Waals surface area (Å²) >= 11 is 6.32. The minimum absolute atomic E-state index is 0.00337. The normalized spacial score (nSPS) is 13.4. The first-order chi connectivity index (χ1) is 13.8. The fourth-order valence-corrected chi connectivity index (χ4v) is 3.82. The van der Waals surface area contributed by atoms with E-state index in [-0.39, 0.29) is 5.91 Å². The molecule has 1 amide bonds. The summed E-state index contributed by atoms with van der Waals surface area (Å²) in [6.07, 6.45) is 1.93. The summed E-state index contributed by atoms with van der Waals surface area (Å²) in [5, 5.41) is 8.11. The van der Waals surface area contributed by atoms with Crippen LogP contribution in [0.4, 0.5) is 0 Å². The molecule has 158 valence electrons. The van der Waals surface area contributed by atoms with Gasteiger partial charge in [-0.3, -0.25) is 9.48 Å². The van der Waals surface area contributed by atoms with Crippen molar-refractivity contribution in [3.8, 4) is 11.5 Å². The molecule has 7 heteroatoms. The van der Waals surface area contributed by atoms with Crippen molar-refractivity contribution in [2.45, 2.75) is 60.0 Å². The maximum Gasteiger partial charge on any atom is 0.220 e. The second-order valence-electron chi connectivity index (χ2n) is 7.96. The number of carbonyl (C=O) groups is 1. The maximum atomic E-state index is 12.4. The lowest BCUT2D eigenvalue weighted by Crippen LogP contribution is -2.23. The third-order valence-corrected chi connectivity index (χ3v) is 5.30. The summed E-state index contributed by atoms with van der Waals surface area (Å²) in [4.78, 5) is 12.4. The van der Waals surface area contributed by atoms with Gasteiger partial charge in [0.05, 0.1) is 23.9 Å². The molecule has 0 radical (unpaired) electrons. The Bertz CT molecular complexity index is 877. The molecule has 0 spiro atoms. The van der Waals surface area contributed by atoms with Gasteiger partial charge in [0, 0.05) is 31.6 Å². The van der Waals surface area contributed by atoms with Gasteiger partial charge in [-0.1, -0.05) is 25.4 Å². The number of amides is 1. The Morgan fingerprint density at radius 1 is 1.28 bits per heavy atom. The highest BCUT2D eigenvalue weighted by Gasteiger charge is 2.17. The first-order valence-corrected chi connectivity index (χ1v) is 10.6. The summed E-state index contributed by atoms with van der Waals surface area (Å²) in [5.41, 5.74) is 4.22. The van der Waals surface area contributed by atoms with E-state index in [0.29, 0.717) is 55.0 Å². The summed E-state index contributed by atoms with van der Waals surface area (Å²) in [6, 6.07) is 3.71. The SMILES string of the molecule is Cc1nn(CC(C)C)c(C)c1CCC(=O)NCc1cc(Cl)c2c(c1)OCCCO2. The van der Waals surface area contributed by atoms with E-state index in [1.54, 1.807) is 0 Å². The Hall–Kier alpha value is -2.21. The summed E-state index contributed by atoms with van der Waals surface area (Å²) < 4.78 is 13.4. The molecule has 0 atom stereocenters. The minimum Gasteiger partial charge on any atom is -0.489 e. The number of nitrogens with one attached hydrogen (secondary N) is 1. The van der Waals surface area contributed by atoms with Crippen molar-refractivity contribution in [1.82, 2.24) is 15.1 Å². The number of aryl methyl sites for hydroxylation is 1. The number of hydrogen-bond donors (Lipinski definition) is 1. The minimum atomic E-state index is 0.00337. The number of fused-ring (bicyclic) bond motifs is 1. The zero-order valence-electron chi connectivity index (χ0n) is 17.7. The van der Waals surface area contributed by atoms with Crippen LogP contribution < -0.4 is 14.8 Å². The van der Waals surface area contributed by atoms with Gasteiger partial charge in [0.15, 0.2) is 11.5 Å². The van der Waals surface area contributed by atoms with Crippen LogP contribution in [0.1, 0.15) is 49.2 Å². The average Bonchev–Trinajstić information content (AvgIpc) is 2.83. The predicted octanol–water partition coefficient (Wildman–Crippen LogP) is 4.22. The Balaban J connectivity index is 1.56. The summed E-state index contributed by atoms with van der Waals surface area (Å²) in [6.45, 7) is 10.9. The number of aromatic nitrogens is 2. The molecule has 2 aromatic rings. The highest BCUT2D eigenvalue weighted by molar-refractivity contribution is 6.32. The number of rotatable bonds is 7. The molecule has 0 fully saturated rings. The highest BCUT2D eigenvalue weighted by Crippen LogP contribution is 2.37. The number of carbonyl (C=O) groups excluding carboxylic acids is 1. The number of ether oxygens (including phenoxy) is 2. The number of benzene rings is 1. The van der Waals surface area contributed by atoms with Gasteiger partial charge >= 0.3 is 0 Å². The largest absolute Gasteiger partial charge is 0.489 e. The second kappa shape index (κ2) is 9.53. The molecule has 1 N–H and O–H groups in total. The van der Waals surface area contributed by atoms with Crippen molar-refractivity contribution in [2.24, 2.45) is 5.92 Å². The van der Waals surface area contributed by atoms with Crippen molar-refractivity contribution in [1.29, 1.82) is 0 Å². The van der Waals surface area contributed by atoms with E-state index < -0.39 is 0 Å². The van der Waals surface area contributed by atoms with E-state index in [4.69, 9.17) is 21.1 Å². The molecule has 1 aromatic heterocycles. The monoisotopic (exact) mass is 419 g/mol. The zero-order valence-corrected chi connectivity index (χ0v) is 18.4. The smallest absolute Gasteiger partial charge is 0.220 e. The number of nitrogens with zero attached hydrogens (tertiary/aromatic N) is 2. The first kappa shape index (κ1) is 21.5. The van der Waals surface area contributed by atoms with Gasteiger partial charge in [0.2, 0.25) is 5.91 Å². The van der Waals surface area contributed by atoms with Crippen LogP contribution in [0.5, 0.6) is 11.5 Å². The fraction of sp³-hybridized carbons (Fsp3) is 0.545. The molecule has 1 aliphatic rings. The molecule has 2 heterocycles. The van der Waals surface area contributed by atoms with E-state index in [1.165, 1.54) is 5.56 Å². The van der Waals surface area contributed by atoms with Crippen molar-refractivity contribution in [3.63, 3.8) is 0 Å². The Labute approximate surface area is 177 Å². The Morgan fingerprint density at radius 3 is 2.79 bits per heavy atom.